The van der Waals surface area contributed by atoms with Crippen LogP contribution in [0.25, 0.3) is 0 Å². The second-order valence-corrected chi connectivity index (χ2v) is 21.3. The number of unbranched alkanes of at least 4 members (excludes halogenated alkanes) is 36. The molecular weight excluding hydrogens is 811 g/mol. The fourth-order valence-electron chi connectivity index (χ4n) is 9.95. The quantitative estimate of drug-likeness (QED) is 0.0444. The van der Waals surface area contributed by atoms with Crippen LogP contribution in [-0.4, -0.2) is 73.6 Å². The molecule has 0 spiro atoms. The van der Waals surface area contributed by atoms with Gasteiger partial charge in [-0.25, -0.2) is 0 Å². The Balaban J connectivity index is 4.82. The third kappa shape index (κ3) is 54.3. The van der Waals surface area contributed by atoms with Crippen molar-refractivity contribution in [3.63, 3.8) is 0 Å². The number of hydrogen-bond donors (Lipinski definition) is 0. The van der Waals surface area contributed by atoms with Crippen LogP contribution < -0.4 is 0 Å². The van der Waals surface area contributed by atoms with Crippen LogP contribution in [0, 0.1) is 0 Å². The van der Waals surface area contributed by atoms with Crippen molar-refractivity contribution < 1.29 is 0 Å². The van der Waals surface area contributed by atoms with Crippen molar-refractivity contribution in [2.75, 3.05) is 58.9 Å². The largest absolute Gasteiger partial charge is 0.302 e. The number of rotatable bonds is 58. The van der Waals surface area contributed by atoms with E-state index in [4.69, 9.17) is 0 Å². The van der Waals surface area contributed by atoms with Crippen LogP contribution in [-0.2, 0) is 0 Å². The molecule has 0 heterocycles. The van der Waals surface area contributed by atoms with Gasteiger partial charge < -0.3 is 14.7 Å². The third-order valence-electron chi connectivity index (χ3n) is 14.5. The van der Waals surface area contributed by atoms with Gasteiger partial charge in [-0.3, -0.25) is 0 Å². The summed E-state index contributed by atoms with van der Waals surface area (Å²) in [6.07, 6.45) is 75.9. The summed E-state index contributed by atoms with van der Waals surface area (Å²) in [4.78, 5) is 8.52. The monoisotopic (exact) mass is 938 g/mol. The smallest absolute Gasteiger partial charge is 0.0110 e. The topological polar surface area (TPSA) is 9.72 Å². The minimum atomic E-state index is 1.25. The summed E-state index contributed by atoms with van der Waals surface area (Å²) in [5.74, 6) is 0. The van der Waals surface area contributed by atoms with E-state index in [1.54, 1.807) is 0 Å². The summed E-state index contributed by atoms with van der Waals surface area (Å²) in [6.45, 7) is 23.1. The van der Waals surface area contributed by atoms with Crippen molar-refractivity contribution in [3.8, 4) is 0 Å². The van der Waals surface area contributed by atoms with Crippen LogP contribution in [0.4, 0.5) is 0 Å². The minimum Gasteiger partial charge on any atom is -0.302 e. The lowest BCUT2D eigenvalue weighted by molar-refractivity contribution is 0.170. The van der Waals surface area contributed by atoms with Crippen molar-refractivity contribution in [3.05, 3.63) is 36.5 Å². The van der Waals surface area contributed by atoms with Gasteiger partial charge in [0.2, 0.25) is 0 Å². The first-order valence-electron chi connectivity index (χ1n) is 31.3. The molecule has 0 aliphatic rings. The van der Waals surface area contributed by atoms with Gasteiger partial charge in [0.15, 0.2) is 0 Å². The molecule has 0 aliphatic carbocycles. The number of allylic oxidation sites excluding steroid dienone is 6. The van der Waals surface area contributed by atoms with Gasteiger partial charge in [0, 0.05) is 26.2 Å². The summed E-state index contributed by atoms with van der Waals surface area (Å²) in [5.41, 5.74) is 0. The Morgan fingerprint density at radius 1 is 0.164 bits per heavy atom. The predicted octanol–water partition coefficient (Wildman–Crippen LogP) is 20.8. The Morgan fingerprint density at radius 2 is 0.343 bits per heavy atom. The maximum absolute atomic E-state index is 2.90. The Bertz CT molecular complexity index is 923. The maximum atomic E-state index is 2.90. The van der Waals surface area contributed by atoms with Crippen molar-refractivity contribution >= 4 is 0 Å². The van der Waals surface area contributed by atoms with E-state index in [0.29, 0.717) is 0 Å². The third-order valence-corrected chi connectivity index (χ3v) is 14.5. The average Bonchev–Trinajstić information content (AvgIpc) is 3.33. The molecule has 0 rings (SSSR count). The molecule has 0 amide bonds. The zero-order valence-electron chi connectivity index (χ0n) is 47.3. The highest BCUT2D eigenvalue weighted by atomic mass is 15.2. The molecule has 3 nitrogen and oxygen atoms in total. The van der Waals surface area contributed by atoms with E-state index in [-0.39, 0.29) is 0 Å². The standard InChI is InChI=1S/C64H127N3/c1-6-11-14-17-20-23-26-29-32-35-38-41-44-47-50-53-58-66(59-54-51-48-45-42-39-36-33-30-27-24-21-18-15-12-7-2)62-64-67(63-61-65(56-9-4)57-10-5)60-55-52-49-46-43-40-37-34-31-28-25-22-19-16-13-8-3/h29-34H,6-28,35-64H2,1-5H3/b32-29-,33-30-,34-31-. The van der Waals surface area contributed by atoms with Gasteiger partial charge in [-0.05, 0) is 142 Å². The average molecular weight is 939 g/mol. The Hall–Kier alpha value is -0.900. The van der Waals surface area contributed by atoms with E-state index in [0.717, 1.165) is 0 Å². The zero-order valence-corrected chi connectivity index (χ0v) is 47.3. The summed E-state index contributed by atoms with van der Waals surface area (Å²) in [5, 5.41) is 0. The molecule has 0 saturated heterocycles. The molecule has 0 atom stereocenters. The van der Waals surface area contributed by atoms with E-state index in [9.17, 15) is 0 Å². The van der Waals surface area contributed by atoms with Gasteiger partial charge in [0.25, 0.3) is 0 Å². The lowest BCUT2D eigenvalue weighted by Gasteiger charge is -2.30. The first-order chi connectivity index (χ1) is 33.2. The molecule has 0 N–H and O–H groups in total. The van der Waals surface area contributed by atoms with Crippen molar-refractivity contribution in [2.24, 2.45) is 0 Å². The second kappa shape index (κ2) is 59.4. The Kier molecular flexibility index (Phi) is 58.6. The van der Waals surface area contributed by atoms with E-state index >= 15 is 0 Å². The summed E-state index contributed by atoms with van der Waals surface area (Å²) in [6, 6.07) is 0. The first-order valence-corrected chi connectivity index (χ1v) is 31.3. The summed E-state index contributed by atoms with van der Waals surface area (Å²) in [7, 11) is 0. The van der Waals surface area contributed by atoms with E-state index in [1.165, 1.54) is 341 Å². The highest BCUT2D eigenvalue weighted by Gasteiger charge is 2.12. The predicted molar refractivity (Wildman–Crippen MR) is 308 cm³/mol. The molecule has 0 bridgehead atoms. The van der Waals surface area contributed by atoms with Crippen molar-refractivity contribution in [2.45, 2.75) is 317 Å². The van der Waals surface area contributed by atoms with Crippen LogP contribution in [0.3, 0.4) is 0 Å². The normalized spacial score (nSPS) is 12.4. The SMILES string of the molecule is CCCCCCCC/C=C\CCCCCCCCN(CCCCCCCC/C=C\CCCCCCCC)CCN(CCCCCCCC/C=C\CCCCCCCC)CCN(CCC)CCC. The lowest BCUT2D eigenvalue weighted by Crippen LogP contribution is -2.41. The van der Waals surface area contributed by atoms with Gasteiger partial charge in [0.1, 0.15) is 0 Å². The first kappa shape index (κ1) is 66.1. The number of hydrogen-bond acceptors (Lipinski definition) is 3. The van der Waals surface area contributed by atoms with Gasteiger partial charge in [-0.2, -0.15) is 0 Å². The fraction of sp³-hybridized carbons (Fsp3) is 0.906. The maximum Gasteiger partial charge on any atom is 0.0110 e. The van der Waals surface area contributed by atoms with Gasteiger partial charge >= 0.3 is 0 Å². The molecule has 0 fully saturated rings. The lowest BCUT2D eigenvalue weighted by atomic mass is 10.1. The van der Waals surface area contributed by atoms with Crippen LogP contribution in [0.15, 0.2) is 36.5 Å². The van der Waals surface area contributed by atoms with E-state index in [1.807, 2.05) is 0 Å². The van der Waals surface area contributed by atoms with Crippen molar-refractivity contribution in [1.82, 2.24) is 14.7 Å². The molecule has 0 aromatic rings. The molecule has 0 radical (unpaired) electrons. The van der Waals surface area contributed by atoms with Crippen molar-refractivity contribution in [1.29, 1.82) is 0 Å². The molecule has 398 valence electrons. The highest BCUT2D eigenvalue weighted by molar-refractivity contribution is 4.83. The molecular formula is C64H127N3. The molecule has 0 saturated carbocycles. The second-order valence-electron chi connectivity index (χ2n) is 21.3. The Morgan fingerprint density at radius 3 is 0.567 bits per heavy atom. The van der Waals surface area contributed by atoms with Gasteiger partial charge in [-0.15, -0.1) is 0 Å². The van der Waals surface area contributed by atoms with E-state index in [2.05, 4.69) is 85.8 Å². The minimum absolute atomic E-state index is 1.25. The molecule has 0 aromatic carbocycles. The van der Waals surface area contributed by atoms with Gasteiger partial charge in [-0.1, -0.05) is 244 Å². The van der Waals surface area contributed by atoms with Crippen LogP contribution in [0.5, 0.6) is 0 Å². The molecule has 0 unspecified atom stereocenters. The zero-order chi connectivity index (χ0) is 48.5. The molecule has 3 heteroatoms. The molecule has 0 aromatic heterocycles. The van der Waals surface area contributed by atoms with Crippen LogP contribution in [0.2, 0.25) is 0 Å². The molecule has 67 heavy (non-hydrogen) atoms. The molecule has 0 aliphatic heterocycles. The Labute approximate surface area is 425 Å². The fourth-order valence-corrected chi connectivity index (χ4v) is 9.95. The summed E-state index contributed by atoms with van der Waals surface area (Å²) >= 11 is 0. The summed E-state index contributed by atoms with van der Waals surface area (Å²) < 4.78 is 0. The van der Waals surface area contributed by atoms with Crippen LogP contribution >= 0.6 is 0 Å². The van der Waals surface area contributed by atoms with Gasteiger partial charge in [0.05, 0.1) is 0 Å². The van der Waals surface area contributed by atoms with E-state index < -0.39 is 0 Å². The highest BCUT2D eigenvalue weighted by Crippen LogP contribution is 2.15. The van der Waals surface area contributed by atoms with Crippen LogP contribution in [0.1, 0.15) is 317 Å². The number of nitrogens with zero attached hydrogens (tertiary/aromatic N) is 3.